The molecule has 6 heteroatoms. The number of carbonyl (C=O) groups excluding carboxylic acids is 1. The van der Waals surface area contributed by atoms with Crippen molar-refractivity contribution in [2.45, 2.75) is 38.1 Å². The fraction of sp³-hybridized carbons (Fsp3) is 0.500. The highest BCUT2D eigenvalue weighted by Gasteiger charge is 2.39. The van der Waals surface area contributed by atoms with Gasteiger partial charge in [0, 0.05) is 18.5 Å². The topological polar surface area (TPSA) is 52.6 Å². The molecule has 0 spiro atoms. The van der Waals surface area contributed by atoms with Crippen molar-refractivity contribution in [3.8, 4) is 0 Å². The minimum Gasteiger partial charge on any atom is -0.437 e. The van der Waals surface area contributed by atoms with Gasteiger partial charge in [0.1, 0.15) is 0 Å². The summed E-state index contributed by atoms with van der Waals surface area (Å²) in [6.45, 7) is 4.73. The minimum absolute atomic E-state index is 0.0719. The zero-order chi connectivity index (χ0) is 14.7. The van der Waals surface area contributed by atoms with Crippen LogP contribution >= 0.6 is 11.6 Å². The number of nitrogens with one attached hydrogen (secondary N) is 1. The molecule has 1 aromatic rings. The third-order valence-corrected chi connectivity index (χ3v) is 4.10. The van der Waals surface area contributed by atoms with Gasteiger partial charge in [-0.3, -0.25) is 4.79 Å². The number of amides is 1. The van der Waals surface area contributed by atoms with Crippen LogP contribution in [0, 0.1) is 6.92 Å². The summed E-state index contributed by atoms with van der Waals surface area (Å²) in [5, 5.41) is 12.6. The van der Waals surface area contributed by atoms with Crippen LogP contribution in [-0.2, 0) is 11.3 Å². The van der Waals surface area contributed by atoms with Crippen LogP contribution in [0.3, 0.4) is 0 Å². The van der Waals surface area contributed by atoms with Gasteiger partial charge in [0.05, 0.1) is 6.04 Å². The van der Waals surface area contributed by atoms with Gasteiger partial charge < -0.3 is 15.2 Å². The van der Waals surface area contributed by atoms with Gasteiger partial charge in [-0.05, 0) is 31.3 Å². The number of hydrogen-bond acceptors (Lipinski definition) is 3. The predicted octanol–water partition coefficient (Wildman–Crippen LogP) is 1.40. The van der Waals surface area contributed by atoms with Crippen molar-refractivity contribution in [3.63, 3.8) is 0 Å². The quantitative estimate of drug-likeness (QED) is 0.652. The molecule has 0 aromatic heterocycles. The fourth-order valence-corrected chi connectivity index (χ4v) is 2.92. The molecule has 0 unspecified atom stereocenters. The molecule has 108 valence electrons. The van der Waals surface area contributed by atoms with E-state index in [0.29, 0.717) is 19.5 Å². The second kappa shape index (κ2) is 6.61. The molecular formula is C14H20BClN2O2. The lowest BCUT2D eigenvalue weighted by Gasteiger charge is -2.24. The maximum absolute atomic E-state index is 12.3. The standard InChI is InChI=1S/C14H20BClN2O2/c1-10-5-3-4-6-11(10)8-17-14(19)13-7-12(16)9-18(13)15(2)20/h3-6,12-13,20H,7-9H2,1-2H3,(H,17,19)/t12-,13-/m0/s1. The third kappa shape index (κ3) is 3.54. The van der Waals surface area contributed by atoms with Crippen molar-refractivity contribution >= 4 is 24.6 Å². The van der Waals surface area contributed by atoms with Crippen LogP contribution in [0.15, 0.2) is 24.3 Å². The van der Waals surface area contributed by atoms with Gasteiger partial charge in [0.2, 0.25) is 5.91 Å². The number of benzene rings is 1. The lowest BCUT2D eigenvalue weighted by atomic mass is 9.84. The highest BCUT2D eigenvalue weighted by molar-refractivity contribution is 6.46. The van der Waals surface area contributed by atoms with Crippen LogP contribution in [0.5, 0.6) is 0 Å². The molecule has 0 aliphatic carbocycles. The van der Waals surface area contributed by atoms with Gasteiger partial charge in [0.15, 0.2) is 0 Å². The van der Waals surface area contributed by atoms with E-state index in [1.54, 1.807) is 11.6 Å². The number of halogens is 1. The average molecular weight is 295 g/mol. The second-order valence-electron chi connectivity index (χ2n) is 5.32. The molecule has 1 aliphatic rings. The molecule has 0 saturated carbocycles. The van der Waals surface area contributed by atoms with Crippen LogP contribution in [0.25, 0.3) is 0 Å². The minimum atomic E-state index is -0.659. The first kappa shape index (κ1) is 15.4. The Labute approximate surface area is 125 Å². The van der Waals surface area contributed by atoms with Crippen molar-refractivity contribution < 1.29 is 9.82 Å². The molecule has 1 aliphatic heterocycles. The highest BCUT2D eigenvalue weighted by Crippen LogP contribution is 2.23. The summed E-state index contributed by atoms with van der Waals surface area (Å²) in [6.07, 6.45) is 0.575. The van der Waals surface area contributed by atoms with Crippen molar-refractivity contribution in [1.82, 2.24) is 10.1 Å². The lowest BCUT2D eigenvalue weighted by molar-refractivity contribution is -0.124. The molecule has 0 bridgehead atoms. The Morgan fingerprint density at radius 2 is 2.25 bits per heavy atom. The van der Waals surface area contributed by atoms with E-state index in [1.807, 2.05) is 31.2 Å². The summed E-state index contributed by atoms with van der Waals surface area (Å²) >= 11 is 6.10. The average Bonchev–Trinajstić information content (AvgIpc) is 2.80. The number of nitrogens with zero attached hydrogens (tertiary/aromatic N) is 1. The summed E-state index contributed by atoms with van der Waals surface area (Å²) in [5.41, 5.74) is 2.26. The Morgan fingerprint density at radius 1 is 1.55 bits per heavy atom. The summed E-state index contributed by atoms with van der Waals surface area (Å²) in [6, 6.07) is 7.61. The molecule has 2 N–H and O–H groups in total. The lowest BCUT2D eigenvalue weighted by Crippen LogP contribution is -2.48. The van der Waals surface area contributed by atoms with Crippen molar-refractivity contribution in [2.24, 2.45) is 0 Å². The number of rotatable bonds is 4. The number of alkyl halides is 1. The molecular weight excluding hydrogens is 274 g/mol. The van der Waals surface area contributed by atoms with E-state index < -0.39 is 7.05 Å². The van der Waals surface area contributed by atoms with Crippen LogP contribution in [0.2, 0.25) is 6.82 Å². The van der Waals surface area contributed by atoms with Crippen LogP contribution in [0.1, 0.15) is 17.5 Å². The van der Waals surface area contributed by atoms with E-state index in [0.717, 1.165) is 11.1 Å². The fourth-order valence-electron chi connectivity index (χ4n) is 2.59. The molecule has 0 radical (unpaired) electrons. The molecule has 2 rings (SSSR count). The summed E-state index contributed by atoms with van der Waals surface area (Å²) < 4.78 is 0. The SMILES string of the molecule is CB(O)N1C[C@@H](Cl)C[C@H]1C(=O)NCc1ccccc1C. The maximum Gasteiger partial charge on any atom is 0.377 e. The largest absolute Gasteiger partial charge is 0.437 e. The molecule has 1 aromatic carbocycles. The summed E-state index contributed by atoms with van der Waals surface area (Å²) in [5.74, 6) is -0.0719. The number of carbonyl (C=O) groups is 1. The summed E-state index contributed by atoms with van der Waals surface area (Å²) in [4.78, 5) is 14.0. The molecule has 2 atom stereocenters. The molecule has 4 nitrogen and oxygen atoms in total. The van der Waals surface area contributed by atoms with Gasteiger partial charge >= 0.3 is 7.05 Å². The normalized spacial score (nSPS) is 22.8. The number of aryl methyl sites for hydroxylation is 1. The smallest absolute Gasteiger partial charge is 0.377 e. The molecule has 1 heterocycles. The van der Waals surface area contributed by atoms with Crippen LogP contribution in [0.4, 0.5) is 0 Å². The van der Waals surface area contributed by atoms with Crippen molar-refractivity contribution in [1.29, 1.82) is 0 Å². The Balaban J connectivity index is 1.96. The Bertz CT molecular complexity index is 484. The predicted molar refractivity (Wildman–Crippen MR) is 81.6 cm³/mol. The Kier molecular flexibility index (Phi) is 5.08. The highest BCUT2D eigenvalue weighted by atomic mass is 35.5. The van der Waals surface area contributed by atoms with Gasteiger partial charge in [-0.1, -0.05) is 24.3 Å². The van der Waals surface area contributed by atoms with E-state index in [2.05, 4.69) is 5.32 Å². The summed E-state index contributed by atoms with van der Waals surface area (Å²) in [7, 11) is -0.659. The number of hydrogen-bond donors (Lipinski definition) is 2. The van der Waals surface area contributed by atoms with Crippen molar-refractivity contribution in [3.05, 3.63) is 35.4 Å². The van der Waals surface area contributed by atoms with E-state index in [9.17, 15) is 9.82 Å². The van der Waals surface area contributed by atoms with Gasteiger partial charge in [-0.25, -0.2) is 0 Å². The second-order valence-corrected chi connectivity index (χ2v) is 5.94. The monoisotopic (exact) mass is 294 g/mol. The molecule has 1 fully saturated rings. The zero-order valence-corrected chi connectivity index (χ0v) is 12.6. The van der Waals surface area contributed by atoms with E-state index in [4.69, 9.17) is 11.6 Å². The van der Waals surface area contributed by atoms with E-state index in [-0.39, 0.29) is 17.3 Å². The first-order valence-electron chi connectivity index (χ1n) is 6.89. The van der Waals surface area contributed by atoms with Crippen molar-refractivity contribution in [2.75, 3.05) is 6.54 Å². The van der Waals surface area contributed by atoms with E-state index in [1.165, 1.54) is 0 Å². The molecule has 20 heavy (non-hydrogen) atoms. The molecule has 1 saturated heterocycles. The van der Waals surface area contributed by atoms with Gasteiger partial charge in [-0.15, -0.1) is 11.6 Å². The first-order valence-corrected chi connectivity index (χ1v) is 7.32. The molecule has 1 amide bonds. The third-order valence-electron chi connectivity index (χ3n) is 3.79. The zero-order valence-electron chi connectivity index (χ0n) is 11.8. The Morgan fingerprint density at radius 3 is 2.90 bits per heavy atom. The van der Waals surface area contributed by atoms with Crippen LogP contribution < -0.4 is 5.32 Å². The Hall–Kier alpha value is -1.04. The first-order chi connectivity index (χ1) is 9.49. The van der Waals surface area contributed by atoms with Crippen LogP contribution in [-0.4, -0.2) is 40.8 Å². The van der Waals surface area contributed by atoms with Gasteiger partial charge in [-0.2, -0.15) is 0 Å². The van der Waals surface area contributed by atoms with Gasteiger partial charge in [0.25, 0.3) is 0 Å². The van der Waals surface area contributed by atoms with E-state index >= 15 is 0 Å². The maximum atomic E-state index is 12.3.